The van der Waals surface area contributed by atoms with Crippen LogP contribution in [0, 0.1) is 11.7 Å². The van der Waals surface area contributed by atoms with E-state index >= 15 is 0 Å². The molecule has 30 heavy (non-hydrogen) atoms. The van der Waals surface area contributed by atoms with E-state index in [9.17, 15) is 14.0 Å². The Bertz CT molecular complexity index is 917. The molecule has 1 aromatic carbocycles. The molecule has 1 aromatic heterocycles. The molecule has 2 N–H and O–H groups in total. The van der Waals surface area contributed by atoms with Crippen molar-refractivity contribution < 1.29 is 18.7 Å². The van der Waals surface area contributed by atoms with Crippen molar-refractivity contribution in [1.82, 2.24) is 20.4 Å². The Morgan fingerprint density at radius 1 is 1.33 bits per heavy atom. The Kier molecular flexibility index (Phi) is 7.12. The summed E-state index contributed by atoms with van der Waals surface area (Å²) in [4.78, 5) is 32.8. The van der Waals surface area contributed by atoms with Crippen LogP contribution in [-0.2, 0) is 9.53 Å². The van der Waals surface area contributed by atoms with Crippen LogP contribution >= 0.6 is 15.9 Å². The van der Waals surface area contributed by atoms with Crippen molar-refractivity contribution >= 4 is 27.9 Å². The first-order valence-electron chi connectivity index (χ1n) is 9.99. The lowest BCUT2D eigenvalue weighted by molar-refractivity contribution is -0.142. The number of carbonyl (C=O) groups is 2. The van der Waals surface area contributed by atoms with Crippen molar-refractivity contribution in [2.24, 2.45) is 5.92 Å². The van der Waals surface area contributed by atoms with Crippen LogP contribution in [0.4, 0.5) is 9.18 Å². The highest BCUT2D eigenvalue weighted by Gasteiger charge is 2.37. The summed E-state index contributed by atoms with van der Waals surface area (Å²) in [5, 5.41) is 1.34. The second-order valence-electron chi connectivity index (χ2n) is 7.71. The molecule has 1 fully saturated rings. The predicted octanol–water partition coefficient (Wildman–Crippen LogP) is 4.76. The molecule has 162 valence electrons. The monoisotopic (exact) mass is 480 g/mol. The van der Waals surface area contributed by atoms with Crippen molar-refractivity contribution in [1.29, 1.82) is 0 Å². The number of aromatic amines is 1. The average Bonchev–Trinajstić information content (AvgIpc) is 3.23. The minimum atomic E-state index is -0.679. The van der Waals surface area contributed by atoms with Gasteiger partial charge in [-0.15, -0.1) is 0 Å². The van der Waals surface area contributed by atoms with E-state index < -0.39 is 6.09 Å². The van der Waals surface area contributed by atoms with Gasteiger partial charge in [0.15, 0.2) is 0 Å². The number of benzene rings is 1. The number of rotatable bonds is 4. The lowest BCUT2D eigenvalue weighted by Crippen LogP contribution is -2.53. The number of nitrogens with zero attached hydrogens (tertiary/aromatic N) is 2. The van der Waals surface area contributed by atoms with Crippen LogP contribution in [0.25, 0.3) is 11.3 Å². The molecule has 0 saturated heterocycles. The zero-order valence-corrected chi connectivity index (χ0v) is 18.8. The highest BCUT2D eigenvalue weighted by molar-refractivity contribution is 9.10. The molecule has 1 heterocycles. The fraction of sp³-hybridized carbons (Fsp3) is 0.476. The SMILES string of the molecule is COC(=O)NN(C(=O)C1CCCC[C@H]1c1ncc(-c2ccc(Br)c(F)c2)[nH]1)C(C)C. The summed E-state index contributed by atoms with van der Waals surface area (Å²) >= 11 is 3.16. The molecule has 7 nitrogen and oxygen atoms in total. The number of halogens is 2. The number of methoxy groups -OCH3 is 1. The van der Waals surface area contributed by atoms with E-state index in [1.807, 2.05) is 13.8 Å². The summed E-state index contributed by atoms with van der Waals surface area (Å²) in [6.07, 6.45) is 4.43. The molecule has 2 amide bonds. The normalized spacial score (nSPS) is 18.9. The van der Waals surface area contributed by atoms with Crippen LogP contribution < -0.4 is 5.43 Å². The maximum atomic E-state index is 13.9. The summed E-state index contributed by atoms with van der Waals surface area (Å²) in [6, 6.07) is 4.66. The number of ether oxygens (including phenoxy) is 1. The molecule has 3 rings (SSSR count). The Morgan fingerprint density at radius 3 is 2.73 bits per heavy atom. The lowest BCUT2D eigenvalue weighted by atomic mass is 9.78. The summed E-state index contributed by atoms with van der Waals surface area (Å²) in [7, 11) is 1.26. The van der Waals surface area contributed by atoms with E-state index in [1.165, 1.54) is 18.2 Å². The van der Waals surface area contributed by atoms with Gasteiger partial charge in [-0.25, -0.2) is 24.6 Å². The zero-order valence-electron chi connectivity index (χ0n) is 17.2. The molecule has 0 bridgehead atoms. The second kappa shape index (κ2) is 9.59. The quantitative estimate of drug-likeness (QED) is 0.617. The van der Waals surface area contributed by atoms with Gasteiger partial charge in [0, 0.05) is 23.4 Å². The molecule has 0 radical (unpaired) electrons. The topological polar surface area (TPSA) is 87.3 Å². The molecule has 2 aromatic rings. The van der Waals surface area contributed by atoms with Crippen molar-refractivity contribution in [3.05, 3.63) is 40.5 Å². The van der Waals surface area contributed by atoms with Gasteiger partial charge >= 0.3 is 6.09 Å². The van der Waals surface area contributed by atoms with E-state index in [2.05, 4.69) is 36.1 Å². The molecule has 1 unspecified atom stereocenters. The molecule has 9 heteroatoms. The second-order valence-corrected chi connectivity index (χ2v) is 8.57. The van der Waals surface area contributed by atoms with Crippen LogP contribution in [0.3, 0.4) is 0 Å². The summed E-state index contributed by atoms with van der Waals surface area (Å²) < 4.78 is 19.0. The van der Waals surface area contributed by atoms with Gasteiger partial charge in [-0.1, -0.05) is 18.9 Å². The molecule has 0 aliphatic heterocycles. The van der Waals surface area contributed by atoms with E-state index in [0.29, 0.717) is 28.0 Å². The van der Waals surface area contributed by atoms with Crippen LogP contribution in [0.5, 0.6) is 0 Å². The average molecular weight is 481 g/mol. The highest BCUT2D eigenvalue weighted by atomic mass is 79.9. The van der Waals surface area contributed by atoms with Gasteiger partial charge in [0.1, 0.15) is 11.6 Å². The Balaban J connectivity index is 1.85. The molecular formula is C21H26BrFN4O3. The van der Waals surface area contributed by atoms with E-state index in [1.54, 1.807) is 18.3 Å². The fourth-order valence-corrected chi connectivity index (χ4v) is 4.10. The standard InChI is InChI=1S/C21H26BrFN4O3/c1-12(2)27(26-21(29)30-3)20(28)15-7-5-4-6-14(15)19-24-11-18(25-19)13-8-9-16(22)17(23)10-13/h8-12,14-15H,4-7H2,1-3H3,(H,24,25)(H,26,29)/t14-,15?/m1/s1. The number of hydrogen-bond acceptors (Lipinski definition) is 4. The molecule has 2 atom stereocenters. The molecule has 1 saturated carbocycles. The Hall–Kier alpha value is -2.42. The molecule has 1 aliphatic rings. The number of carbonyl (C=O) groups excluding carboxylic acids is 2. The van der Waals surface area contributed by atoms with E-state index in [4.69, 9.17) is 0 Å². The third-order valence-electron chi connectivity index (χ3n) is 5.41. The van der Waals surface area contributed by atoms with Gasteiger partial charge in [0.2, 0.25) is 5.91 Å². The fourth-order valence-electron chi connectivity index (χ4n) is 3.85. The third kappa shape index (κ3) is 4.83. The van der Waals surface area contributed by atoms with Gasteiger partial charge in [-0.05, 0) is 54.8 Å². The first-order chi connectivity index (χ1) is 14.3. The van der Waals surface area contributed by atoms with Gasteiger partial charge < -0.3 is 9.72 Å². The summed E-state index contributed by atoms with van der Waals surface area (Å²) in [5.41, 5.74) is 3.90. The van der Waals surface area contributed by atoms with Gasteiger partial charge in [0.25, 0.3) is 0 Å². The molecule has 1 aliphatic carbocycles. The van der Waals surface area contributed by atoms with E-state index in [-0.39, 0.29) is 29.6 Å². The van der Waals surface area contributed by atoms with E-state index in [0.717, 1.165) is 19.3 Å². The highest BCUT2D eigenvalue weighted by Crippen LogP contribution is 2.38. The number of imidazole rings is 1. The summed E-state index contributed by atoms with van der Waals surface area (Å²) in [5.74, 6) is -0.239. The van der Waals surface area contributed by atoms with Crippen molar-refractivity contribution in [2.75, 3.05) is 7.11 Å². The first kappa shape index (κ1) is 22.3. The minimum Gasteiger partial charge on any atom is -0.452 e. The lowest BCUT2D eigenvalue weighted by Gasteiger charge is -2.35. The third-order valence-corrected chi connectivity index (χ3v) is 6.05. The van der Waals surface area contributed by atoms with Crippen molar-refractivity contribution in [3.8, 4) is 11.3 Å². The van der Waals surface area contributed by atoms with Crippen LogP contribution in [0.1, 0.15) is 51.3 Å². The minimum absolute atomic E-state index is 0.110. The predicted molar refractivity (Wildman–Crippen MR) is 114 cm³/mol. The maximum Gasteiger partial charge on any atom is 0.425 e. The number of hydrogen-bond donors (Lipinski definition) is 2. The largest absolute Gasteiger partial charge is 0.452 e. The number of aromatic nitrogens is 2. The number of amides is 2. The molecule has 0 spiro atoms. The maximum absolute atomic E-state index is 13.9. The zero-order chi connectivity index (χ0) is 21.8. The van der Waals surface area contributed by atoms with Gasteiger partial charge in [-0.3, -0.25) is 4.79 Å². The summed E-state index contributed by atoms with van der Waals surface area (Å²) in [6.45, 7) is 3.66. The Morgan fingerprint density at radius 2 is 2.07 bits per heavy atom. The number of hydrazine groups is 1. The van der Waals surface area contributed by atoms with Crippen LogP contribution in [-0.4, -0.2) is 40.1 Å². The number of H-pyrrole nitrogens is 1. The number of nitrogens with one attached hydrogen (secondary N) is 2. The Labute approximate surface area is 183 Å². The van der Waals surface area contributed by atoms with Crippen molar-refractivity contribution in [2.45, 2.75) is 51.5 Å². The smallest absolute Gasteiger partial charge is 0.425 e. The molecular weight excluding hydrogens is 455 g/mol. The van der Waals surface area contributed by atoms with Gasteiger partial charge in [-0.2, -0.15) is 0 Å². The van der Waals surface area contributed by atoms with Crippen LogP contribution in [0.15, 0.2) is 28.9 Å². The van der Waals surface area contributed by atoms with Crippen molar-refractivity contribution in [3.63, 3.8) is 0 Å². The van der Waals surface area contributed by atoms with Gasteiger partial charge in [0.05, 0.1) is 23.5 Å². The van der Waals surface area contributed by atoms with Crippen LogP contribution in [0.2, 0.25) is 0 Å². The first-order valence-corrected chi connectivity index (χ1v) is 10.8.